The summed E-state index contributed by atoms with van der Waals surface area (Å²) in [7, 11) is 7.00. The van der Waals surface area contributed by atoms with Gasteiger partial charge in [-0.3, -0.25) is 14.5 Å². The van der Waals surface area contributed by atoms with Crippen LogP contribution in [0.15, 0.2) is 24.3 Å². The normalized spacial score (nSPS) is 23.1. The average Bonchev–Trinajstić information content (AvgIpc) is 3.03. The van der Waals surface area contributed by atoms with Gasteiger partial charge >= 0.3 is 0 Å². The van der Waals surface area contributed by atoms with Gasteiger partial charge in [0.05, 0.1) is 11.1 Å². The number of hydrogen-bond acceptors (Lipinski definition) is 5. The van der Waals surface area contributed by atoms with Crippen LogP contribution in [0.5, 0.6) is 0 Å². The van der Waals surface area contributed by atoms with E-state index in [9.17, 15) is 9.59 Å². The van der Waals surface area contributed by atoms with Gasteiger partial charge in [-0.1, -0.05) is 23.1 Å². The number of imide groups is 1. The first kappa shape index (κ1) is 19.2. The van der Waals surface area contributed by atoms with Crippen molar-refractivity contribution in [3.05, 3.63) is 35.4 Å². The molecule has 1 saturated carbocycles. The Morgan fingerprint density at radius 2 is 1.67 bits per heavy atom. The number of benzene rings is 1. The third-order valence-electron chi connectivity index (χ3n) is 4.00. The van der Waals surface area contributed by atoms with Crippen molar-refractivity contribution in [3.63, 3.8) is 0 Å². The number of aliphatic hydroxyl groups is 2. The Balaban J connectivity index is 0.000000368. The van der Waals surface area contributed by atoms with Crippen LogP contribution in [0.3, 0.4) is 0 Å². The maximum atomic E-state index is 12.3. The minimum absolute atomic E-state index is 0.0428. The van der Waals surface area contributed by atoms with Crippen LogP contribution in [-0.4, -0.2) is 44.5 Å². The van der Waals surface area contributed by atoms with E-state index >= 15 is 0 Å². The maximum Gasteiger partial charge on any atom is 0.261 e. The van der Waals surface area contributed by atoms with Crippen LogP contribution in [-0.2, 0) is 0 Å². The van der Waals surface area contributed by atoms with Crippen LogP contribution in [0, 0.1) is 5.92 Å². The first-order valence-corrected chi connectivity index (χ1v) is 9.68. The molecule has 24 heavy (non-hydrogen) atoms. The van der Waals surface area contributed by atoms with E-state index in [1.54, 1.807) is 24.3 Å². The van der Waals surface area contributed by atoms with Crippen molar-refractivity contribution in [3.8, 4) is 0 Å². The summed E-state index contributed by atoms with van der Waals surface area (Å²) in [6, 6.07) is 7.11. The quantitative estimate of drug-likeness (QED) is 0.630. The predicted molar refractivity (Wildman–Crippen MR) is 94.9 cm³/mol. The molecule has 0 bridgehead atoms. The van der Waals surface area contributed by atoms with Gasteiger partial charge in [0.2, 0.25) is 0 Å². The summed E-state index contributed by atoms with van der Waals surface area (Å²) >= 11 is 0. The molecule has 3 rings (SSSR count). The second-order valence-corrected chi connectivity index (χ2v) is 7.84. The molecule has 1 fully saturated rings. The van der Waals surface area contributed by atoms with E-state index in [1.807, 2.05) is 0 Å². The largest absolute Gasteiger partial charge is 0.366 e. The summed E-state index contributed by atoms with van der Waals surface area (Å²) in [6.07, 6.45) is 2.82. The van der Waals surface area contributed by atoms with Crippen molar-refractivity contribution in [1.82, 2.24) is 4.90 Å². The minimum Gasteiger partial charge on any atom is -0.366 e. The molecular formula is C17H22ClNO4S. The molecule has 0 saturated heterocycles. The van der Waals surface area contributed by atoms with E-state index in [4.69, 9.17) is 20.9 Å². The Morgan fingerprint density at radius 3 is 2.12 bits per heavy atom. The molecule has 2 aliphatic rings. The fourth-order valence-electron chi connectivity index (χ4n) is 3.06. The van der Waals surface area contributed by atoms with E-state index in [0.717, 1.165) is 25.0 Å². The van der Waals surface area contributed by atoms with Crippen molar-refractivity contribution in [2.45, 2.75) is 44.9 Å². The minimum atomic E-state index is -1.50. The summed E-state index contributed by atoms with van der Waals surface area (Å²) in [5.74, 6) is -0.368. The molecule has 2 unspecified atom stereocenters. The zero-order chi connectivity index (χ0) is 17.9. The van der Waals surface area contributed by atoms with Crippen LogP contribution in [0.2, 0.25) is 0 Å². The second kappa shape index (κ2) is 7.87. The highest BCUT2D eigenvalue weighted by Gasteiger charge is 2.42. The third kappa shape index (κ3) is 4.72. The zero-order valence-corrected chi connectivity index (χ0v) is 15.3. The van der Waals surface area contributed by atoms with Gasteiger partial charge in [-0.2, -0.15) is 0 Å². The first-order valence-electron chi connectivity index (χ1n) is 7.87. The van der Waals surface area contributed by atoms with Crippen molar-refractivity contribution >= 4 is 33.5 Å². The Labute approximate surface area is 150 Å². The Bertz CT molecular complexity index is 576. The van der Waals surface area contributed by atoms with E-state index in [2.05, 4.69) is 0 Å². The average molecular weight is 372 g/mol. The van der Waals surface area contributed by atoms with Crippen LogP contribution in [0.1, 0.15) is 53.8 Å². The Hall–Kier alpha value is -1.08. The van der Waals surface area contributed by atoms with E-state index in [0.29, 0.717) is 17.0 Å². The lowest BCUT2D eigenvalue weighted by Gasteiger charge is -2.21. The molecule has 1 aliphatic heterocycles. The summed E-state index contributed by atoms with van der Waals surface area (Å²) in [5.41, 5.74) is 1.09. The summed E-state index contributed by atoms with van der Waals surface area (Å²) in [6.45, 7) is 2.60. The van der Waals surface area contributed by atoms with E-state index in [-0.39, 0.29) is 17.9 Å². The molecule has 132 valence electrons. The molecule has 1 aliphatic carbocycles. The molecule has 7 heteroatoms. The summed E-state index contributed by atoms with van der Waals surface area (Å²) in [5, 5.41) is 16.2. The maximum absolute atomic E-state index is 12.3. The van der Waals surface area contributed by atoms with Gasteiger partial charge in [0, 0.05) is 11.8 Å². The molecule has 2 atom stereocenters. The van der Waals surface area contributed by atoms with Crippen LogP contribution < -0.4 is 0 Å². The van der Waals surface area contributed by atoms with Crippen LogP contribution in [0.4, 0.5) is 0 Å². The van der Waals surface area contributed by atoms with Gasteiger partial charge in [-0.15, -0.1) is 0 Å². The molecule has 0 radical (unpaired) electrons. The monoisotopic (exact) mass is 371 g/mol. The molecule has 1 aromatic rings. The molecule has 0 aromatic heterocycles. The Morgan fingerprint density at radius 1 is 1.17 bits per heavy atom. The van der Waals surface area contributed by atoms with E-state index in [1.165, 1.54) is 29.7 Å². The van der Waals surface area contributed by atoms with Gasteiger partial charge in [0.1, 0.15) is 0 Å². The lowest BCUT2D eigenvalue weighted by molar-refractivity contribution is -0.127. The smallest absolute Gasteiger partial charge is 0.261 e. The molecule has 2 N–H and O–H groups in total. The fourth-order valence-corrected chi connectivity index (χ4v) is 4.08. The summed E-state index contributed by atoms with van der Waals surface area (Å²) in [4.78, 5) is 26.1. The van der Waals surface area contributed by atoms with Gasteiger partial charge < -0.3 is 10.2 Å². The topological polar surface area (TPSA) is 77.8 Å². The number of rotatable bonds is 3. The molecule has 1 aromatic carbocycles. The van der Waals surface area contributed by atoms with Crippen molar-refractivity contribution in [2.75, 3.05) is 5.75 Å². The molecule has 5 nitrogen and oxygen atoms in total. The van der Waals surface area contributed by atoms with Crippen LogP contribution in [0.25, 0.3) is 0 Å². The zero-order valence-electron chi connectivity index (χ0n) is 13.7. The second-order valence-electron chi connectivity index (χ2n) is 6.63. The number of carbonyl (C=O) groups is 2. The highest BCUT2D eigenvalue weighted by atomic mass is 35.7. The molecule has 0 spiro atoms. The fraction of sp³-hybridized carbons (Fsp3) is 0.529. The number of fused-ring (bicyclic) bond motifs is 1. The first-order chi connectivity index (χ1) is 11.2. The number of halogens is 1. The number of hydrogen-bond donors (Lipinski definition) is 2. The van der Waals surface area contributed by atoms with Crippen molar-refractivity contribution < 1.29 is 19.8 Å². The lowest BCUT2D eigenvalue weighted by Crippen LogP contribution is -2.38. The van der Waals surface area contributed by atoms with Gasteiger partial charge in [0.15, 0.2) is 5.79 Å². The predicted octanol–water partition coefficient (Wildman–Crippen LogP) is 3.05. The third-order valence-corrected chi connectivity index (χ3v) is 4.98. The number of amides is 2. The van der Waals surface area contributed by atoms with Gasteiger partial charge in [-0.05, 0) is 61.8 Å². The SMILES string of the molecule is CC(C)(O)O.O=C1c2ccccc2C(=O)N1C1CCC(CSCl)C1. The van der Waals surface area contributed by atoms with Crippen molar-refractivity contribution in [1.29, 1.82) is 0 Å². The highest BCUT2D eigenvalue weighted by molar-refractivity contribution is 8.21. The van der Waals surface area contributed by atoms with E-state index < -0.39 is 5.79 Å². The highest BCUT2D eigenvalue weighted by Crippen LogP contribution is 2.36. The molecule has 2 amide bonds. The lowest BCUT2D eigenvalue weighted by atomic mass is 10.1. The summed E-state index contributed by atoms with van der Waals surface area (Å²) < 4.78 is 0. The van der Waals surface area contributed by atoms with Crippen LogP contribution >= 0.6 is 21.7 Å². The Kier molecular flexibility index (Phi) is 6.31. The molecule has 1 heterocycles. The number of nitrogens with zero attached hydrogens (tertiary/aromatic N) is 1. The number of carbonyl (C=O) groups excluding carboxylic acids is 2. The van der Waals surface area contributed by atoms with Crippen molar-refractivity contribution in [2.24, 2.45) is 5.92 Å². The standard InChI is InChI=1S/C14H14ClNO2S.C3H8O2/c15-19-8-9-5-6-10(7-9)16-13(17)11-3-1-2-4-12(11)14(16)18;1-3(2,4)5/h1-4,9-10H,5-8H2;4-5H,1-2H3. The van der Waals surface area contributed by atoms with Gasteiger partial charge in [0.25, 0.3) is 11.8 Å². The molecular weight excluding hydrogens is 350 g/mol. The van der Waals surface area contributed by atoms with Gasteiger partial charge in [-0.25, -0.2) is 0 Å².